The van der Waals surface area contributed by atoms with E-state index in [1.807, 2.05) is 0 Å². The van der Waals surface area contributed by atoms with E-state index in [2.05, 4.69) is 80.1 Å². The second kappa shape index (κ2) is 5.29. The summed E-state index contributed by atoms with van der Waals surface area (Å²) in [6.45, 7) is 11.1. The van der Waals surface area contributed by atoms with Crippen LogP contribution < -0.4 is 4.43 Å². The molecule has 0 unspecified atom stereocenters. The van der Waals surface area contributed by atoms with Gasteiger partial charge >= 0.3 is 0 Å². The van der Waals surface area contributed by atoms with Crippen molar-refractivity contribution in [1.29, 1.82) is 0 Å². The van der Waals surface area contributed by atoms with Gasteiger partial charge in [0.25, 0.3) is 0 Å². The molecule has 0 amide bonds. The SMILES string of the molecule is C[SiH](C)Oc1c(Br)ccc2cc(C(C)(C)C)ccc12. The molecule has 2 rings (SSSR count). The van der Waals surface area contributed by atoms with E-state index in [-0.39, 0.29) is 5.41 Å². The average Bonchev–Trinajstić information content (AvgIpc) is 2.30. The molecule has 0 bridgehead atoms. The molecule has 2 aromatic rings. The van der Waals surface area contributed by atoms with Gasteiger partial charge in [-0.1, -0.05) is 45.0 Å². The second-order valence-electron chi connectivity index (χ2n) is 6.23. The van der Waals surface area contributed by atoms with Crippen molar-refractivity contribution in [3.05, 3.63) is 40.4 Å². The molecular formula is C16H21BrOSi. The zero-order valence-electron chi connectivity index (χ0n) is 12.3. The Morgan fingerprint density at radius 1 is 1.05 bits per heavy atom. The van der Waals surface area contributed by atoms with Crippen molar-refractivity contribution in [2.45, 2.75) is 39.3 Å². The third-order valence-corrected chi connectivity index (χ3v) is 4.47. The molecule has 2 aromatic carbocycles. The maximum Gasteiger partial charge on any atom is 0.229 e. The van der Waals surface area contributed by atoms with E-state index in [1.54, 1.807) is 0 Å². The average molecular weight is 337 g/mol. The molecule has 0 saturated carbocycles. The predicted molar refractivity (Wildman–Crippen MR) is 89.9 cm³/mol. The van der Waals surface area contributed by atoms with Crippen molar-refractivity contribution in [3.63, 3.8) is 0 Å². The van der Waals surface area contributed by atoms with Gasteiger partial charge in [-0.05, 0) is 51.5 Å². The molecule has 0 N–H and O–H groups in total. The topological polar surface area (TPSA) is 9.23 Å². The molecule has 3 heteroatoms. The Morgan fingerprint density at radius 3 is 2.32 bits per heavy atom. The monoisotopic (exact) mass is 336 g/mol. The Morgan fingerprint density at radius 2 is 1.74 bits per heavy atom. The van der Waals surface area contributed by atoms with Crippen LogP contribution in [0, 0.1) is 0 Å². The van der Waals surface area contributed by atoms with Gasteiger partial charge < -0.3 is 4.43 Å². The Balaban J connectivity index is 2.61. The standard InChI is InChI=1S/C16H21BrOSi/c1-16(2,3)12-7-8-13-11(10-12)6-9-14(17)15(13)18-19(4)5/h6-10,19H,1-5H3. The largest absolute Gasteiger partial charge is 0.546 e. The third-order valence-electron chi connectivity index (χ3n) is 3.14. The van der Waals surface area contributed by atoms with Crippen LogP contribution >= 0.6 is 15.9 Å². The number of halogens is 1. The van der Waals surface area contributed by atoms with Crippen LogP contribution in [0.3, 0.4) is 0 Å². The predicted octanol–water partition coefficient (Wildman–Crippen LogP) is 5.26. The fourth-order valence-corrected chi connectivity index (χ4v) is 3.43. The van der Waals surface area contributed by atoms with Crippen LogP contribution in [0.15, 0.2) is 34.8 Å². The summed E-state index contributed by atoms with van der Waals surface area (Å²) >= 11 is 3.60. The Kier molecular flexibility index (Phi) is 4.07. The molecule has 0 spiro atoms. The molecule has 0 atom stereocenters. The van der Waals surface area contributed by atoms with Crippen molar-refractivity contribution in [3.8, 4) is 5.75 Å². The van der Waals surface area contributed by atoms with Crippen LogP contribution in [0.2, 0.25) is 13.1 Å². The minimum atomic E-state index is -1.11. The summed E-state index contributed by atoms with van der Waals surface area (Å²) in [5.41, 5.74) is 1.53. The Bertz CT molecular complexity index is 599. The maximum absolute atomic E-state index is 6.08. The Hall–Kier alpha value is -0.803. The summed E-state index contributed by atoms with van der Waals surface area (Å²) in [6, 6.07) is 10.9. The zero-order chi connectivity index (χ0) is 14.2. The summed E-state index contributed by atoms with van der Waals surface area (Å²) in [5.74, 6) is 1.000. The van der Waals surface area contributed by atoms with Crippen molar-refractivity contribution >= 4 is 35.7 Å². The van der Waals surface area contributed by atoms with E-state index in [0.717, 1.165) is 10.2 Å². The van der Waals surface area contributed by atoms with Crippen LogP contribution in [0.5, 0.6) is 5.75 Å². The highest BCUT2D eigenvalue weighted by atomic mass is 79.9. The van der Waals surface area contributed by atoms with E-state index in [1.165, 1.54) is 16.3 Å². The number of rotatable bonds is 2. The Labute approximate surface area is 125 Å². The lowest BCUT2D eigenvalue weighted by atomic mass is 9.86. The summed E-state index contributed by atoms with van der Waals surface area (Å²) in [5, 5.41) is 2.45. The number of hydrogen-bond acceptors (Lipinski definition) is 1. The van der Waals surface area contributed by atoms with Crippen LogP contribution in [-0.2, 0) is 5.41 Å². The fraction of sp³-hybridized carbons (Fsp3) is 0.375. The minimum absolute atomic E-state index is 0.176. The van der Waals surface area contributed by atoms with Gasteiger partial charge in [-0.25, -0.2) is 0 Å². The minimum Gasteiger partial charge on any atom is -0.546 e. The van der Waals surface area contributed by atoms with Crippen LogP contribution in [0.4, 0.5) is 0 Å². The van der Waals surface area contributed by atoms with Crippen molar-refractivity contribution in [1.82, 2.24) is 0 Å². The molecule has 0 heterocycles. The first-order chi connectivity index (χ1) is 8.79. The number of fused-ring (bicyclic) bond motifs is 1. The van der Waals surface area contributed by atoms with Gasteiger partial charge in [0.1, 0.15) is 5.75 Å². The smallest absolute Gasteiger partial charge is 0.229 e. The molecule has 0 radical (unpaired) electrons. The number of hydrogen-bond donors (Lipinski definition) is 0. The van der Waals surface area contributed by atoms with Crippen molar-refractivity contribution < 1.29 is 4.43 Å². The molecule has 0 saturated heterocycles. The normalized spacial score (nSPS) is 12.2. The van der Waals surface area contributed by atoms with E-state index >= 15 is 0 Å². The van der Waals surface area contributed by atoms with E-state index < -0.39 is 9.04 Å². The molecular weight excluding hydrogens is 316 g/mol. The van der Waals surface area contributed by atoms with Gasteiger partial charge in [0.15, 0.2) is 0 Å². The maximum atomic E-state index is 6.08. The molecule has 0 aliphatic rings. The van der Waals surface area contributed by atoms with Gasteiger partial charge in [0.2, 0.25) is 9.04 Å². The molecule has 102 valence electrons. The summed E-state index contributed by atoms with van der Waals surface area (Å²) in [6.07, 6.45) is 0. The fourth-order valence-electron chi connectivity index (χ4n) is 2.10. The van der Waals surface area contributed by atoms with Gasteiger partial charge in [-0.15, -0.1) is 0 Å². The first-order valence-electron chi connectivity index (χ1n) is 6.68. The summed E-state index contributed by atoms with van der Waals surface area (Å²) in [4.78, 5) is 0. The molecule has 19 heavy (non-hydrogen) atoms. The molecule has 0 aliphatic carbocycles. The van der Waals surface area contributed by atoms with Gasteiger partial charge in [0.05, 0.1) is 4.47 Å². The summed E-state index contributed by atoms with van der Waals surface area (Å²) < 4.78 is 7.12. The molecule has 1 nitrogen and oxygen atoms in total. The molecule has 0 aliphatic heterocycles. The zero-order valence-corrected chi connectivity index (χ0v) is 15.0. The number of benzene rings is 2. The first kappa shape index (κ1) is 14.6. The van der Waals surface area contributed by atoms with Crippen molar-refractivity contribution in [2.75, 3.05) is 0 Å². The van der Waals surface area contributed by atoms with Crippen LogP contribution in [0.25, 0.3) is 10.8 Å². The lowest BCUT2D eigenvalue weighted by Gasteiger charge is -2.21. The second-order valence-corrected chi connectivity index (χ2v) is 9.42. The lowest BCUT2D eigenvalue weighted by molar-refractivity contribution is 0.582. The molecule has 0 fully saturated rings. The molecule has 0 aromatic heterocycles. The summed E-state index contributed by atoms with van der Waals surface area (Å²) in [7, 11) is -1.11. The van der Waals surface area contributed by atoms with E-state index in [4.69, 9.17) is 4.43 Å². The van der Waals surface area contributed by atoms with Gasteiger partial charge in [-0.3, -0.25) is 0 Å². The quantitative estimate of drug-likeness (QED) is 0.679. The first-order valence-corrected chi connectivity index (χ1v) is 10.3. The highest BCUT2D eigenvalue weighted by molar-refractivity contribution is 9.10. The van der Waals surface area contributed by atoms with Gasteiger partial charge in [0, 0.05) is 5.39 Å². The van der Waals surface area contributed by atoms with E-state index in [9.17, 15) is 0 Å². The van der Waals surface area contributed by atoms with Crippen LogP contribution in [-0.4, -0.2) is 9.04 Å². The highest BCUT2D eigenvalue weighted by Crippen LogP contribution is 2.36. The van der Waals surface area contributed by atoms with Crippen molar-refractivity contribution in [2.24, 2.45) is 0 Å². The van der Waals surface area contributed by atoms with E-state index in [0.29, 0.717) is 0 Å². The van der Waals surface area contributed by atoms with Gasteiger partial charge in [-0.2, -0.15) is 0 Å². The van der Waals surface area contributed by atoms with Crippen LogP contribution in [0.1, 0.15) is 26.3 Å². The third kappa shape index (κ3) is 3.21. The lowest BCUT2D eigenvalue weighted by Crippen LogP contribution is -2.12. The highest BCUT2D eigenvalue weighted by Gasteiger charge is 2.15.